The van der Waals surface area contributed by atoms with Gasteiger partial charge in [-0.05, 0) is 37.1 Å². The van der Waals surface area contributed by atoms with Crippen LogP contribution in [0.4, 0.5) is 32.0 Å². The summed E-state index contributed by atoms with van der Waals surface area (Å²) in [6.45, 7) is 6.41. The molecule has 14 heteroatoms. The Balaban J connectivity index is 1.23. The molecule has 0 bridgehead atoms. The van der Waals surface area contributed by atoms with Gasteiger partial charge in [-0.25, -0.2) is 0 Å². The highest BCUT2D eigenvalue weighted by Gasteiger charge is 2.71. The third-order valence-electron chi connectivity index (χ3n) is 8.31. The standard InChI is InChI=1S/C29H33F6N5O3/c1-3-4-19-13-21(27(42,28(30,31)32)29(33,34)35)5-6-22(19)39-8-10-40(11-9-39)25(41)16-38-17-26(2,37-18-38)24-14-20-7-12-43-23(20)15-36-24/h5-7,12-15,37,42H,3-4,8-11,16-18H2,1-2H3. The molecule has 2 aromatic heterocycles. The number of nitrogens with one attached hydrogen (secondary N) is 1. The van der Waals surface area contributed by atoms with E-state index in [2.05, 4.69) is 10.3 Å². The summed E-state index contributed by atoms with van der Waals surface area (Å²) in [6, 6.07) is 6.51. The Morgan fingerprint density at radius 2 is 1.77 bits per heavy atom. The van der Waals surface area contributed by atoms with Crippen LogP contribution in [0, 0.1) is 0 Å². The van der Waals surface area contributed by atoms with Gasteiger partial charge in [0.1, 0.15) is 0 Å². The van der Waals surface area contributed by atoms with Gasteiger partial charge in [-0.3, -0.25) is 20.0 Å². The molecule has 3 aromatic rings. The van der Waals surface area contributed by atoms with Crippen molar-refractivity contribution in [2.24, 2.45) is 0 Å². The van der Waals surface area contributed by atoms with Crippen LogP contribution in [0.15, 0.2) is 47.2 Å². The van der Waals surface area contributed by atoms with Gasteiger partial charge in [0.15, 0.2) is 5.58 Å². The maximum Gasteiger partial charge on any atom is 0.430 e. The minimum Gasteiger partial charge on any atom is -0.463 e. The summed E-state index contributed by atoms with van der Waals surface area (Å²) in [6.07, 6.45) is -7.93. The summed E-state index contributed by atoms with van der Waals surface area (Å²) in [5.41, 5.74) is -4.41. The van der Waals surface area contributed by atoms with Crippen LogP contribution in [0.5, 0.6) is 0 Å². The molecular formula is C29H33F6N5O3. The number of nitrogens with zero attached hydrogens (tertiary/aromatic N) is 4. The lowest BCUT2D eigenvalue weighted by Crippen LogP contribution is -2.54. The number of amides is 1. The molecule has 0 aliphatic carbocycles. The van der Waals surface area contributed by atoms with E-state index >= 15 is 0 Å². The predicted molar refractivity (Wildman–Crippen MR) is 146 cm³/mol. The number of anilines is 1. The number of carbonyl (C=O) groups is 1. The molecule has 1 unspecified atom stereocenters. The predicted octanol–water partition coefficient (Wildman–Crippen LogP) is 4.52. The van der Waals surface area contributed by atoms with E-state index in [9.17, 15) is 36.2 Å². The third-order valence-corrected chi connectivity index (χ3v) is 8.31. The lowest BCUT2D eigenvalue weighted by molar-refractivity contribution is -0.376. The molecule has 4 heterocycles. The van der Waals surface area contributed by atoms with Crippen molar-refractivity contribution in [3.05, 3.63) is 59.6 Å². The number of hydrogen-bond donors (Lipinski definition) is 2. The van der Waals surface area contributed by atoms with Crippen LogP contribution in [-0.4, -0.2) is 84.1 Å². The van der Waals surface area contributed by atoms with Gasteiger partial charge in [0, 0.05) is 56.0 Å². The average molecular weight is 614 g/mol. The number of furan rings is 1. The highest BCUT2D eigenvalue weighted by atomic mass is 19.4. The van der Waals surface area contributed by atoms with Gasteiger partial charge in [0.25, 0.3) is 5.60 Å². The van der Waals surface area contributed by atoms with E-state index in [4.69, 9.17) is 4.42 Å². The SMILES string of the molecule is CCCc1cc(C(O)(C(F)(F)F)C(F)(F)F)ccc1N1CCN(C(=O)CN2CNC(C)(c3cc4ccoc4cn3)C2)CC1. The van der Waals surface area contributed by atoms with Crippen LogP contribution in [0.25, 0.3) is 11.0 Å². The third kappa shape index (κ3) is 5.79. The number of halogens is 6. The van der Waals surface area contributed by atoms with Gasteiger partial charge in [0.2, 0.25) is 5.91 Å². The molecule has 5 rings (SSSR count). The Morgan fingerprint density at radius 3 is 2.42 bits per heavy atom. The van der Waals surface area contributed by atoms with Crippen LogP contribution >= 0.6 is 0 Å². The summed E-state index contributed by atoms with van der Waals surface area (Å²) in [5, 5.41) is 14.2. The van der Waals surface area contributed by atoms with E-state index in [1.807, 2.05) is 28.9 Å². The van der Waals surface area contributed by atoms with Crippen LogP contribution in [-0.2, 0) is 22.4 Å². The van der Waals surface area contributed by atoms with Gasteiger partial charge in [-0.1, -0.05) is 25.5 Å². The first-order valence-corrected chi connectivity index (χ1v) is 14.0. The molecule has 1 amide bonds. The van der Waals surface area contributed by atoms with Crippen molar-refractivity contribution in [3.8, 4) is 0 Å². The van der Waals surface area contributed by atoms with Gasteiger partial charge in [-0.2, -0.15) is 26.3 Å². The van der Waals surface area contributed by atoms with E-state index in [0.29, 0.717) is 63.2 Å². The zero-order valence-corrected chi connectivity index (χ0v) is 23.7. The summed E-state index contributed by atoms with van der Waals surface area (Å²) in [4.78, 5) is 23.3. The molecule has 2 saturated heterocycles. The number of aliphatic hydroxyl groups is 1. The average Bonchev–Trinajstić information content (AvgIpc) is 3.58. The Hall–Kier alpha value is -3.36. The van der Waals surface area contributed by atoms with Crippen molar-refractivity contribution >= 4 is 22.6 Å². The number of benzene rings is 1. The number of carbonyl (C=O) groups excluding carboxylic acids is 1. The molecule has 2 N–H and O–H groups in total. The van der Waals surface area contributed by atoms with E-state index in [1.54, 1.807) is 24.3 Å². The van der Waals surface area contributed by atoms with E-state index in [-0.39, 0.29) is 24.4 Å². The smallest absolute Gasteiger partial charge is 0.430 e. The fraction of sp³-hybridized carbons (Fsp3) is 0.517. The molecule has 1 atom stereocenters. The largest absolute Gasteiger partial charge is 0.463 e. The number of hydrogen-bond acceptors (Lipinski definition) is 7. The maximum atomic E-state index is 13.5. The molecule has 234 valence electrons. The molecule has 0 spiro atoms. The van der Waals surface area contributed by atoms with Crippen molar-refractivity contribution < 1.29 is 40.7 Å². The normalized spacial score (nSPS) is 20.8. The minimum absolute atomic E-state index is 0.0755. The zero-order chi connectivity index (χ0) is 31.2. The van der Waals surface area contributed by atoms with Crippen LogP contribution in [0.1, 0.15) is 37.1 Å². The van der Waals surface area contributed by atoms with Crippen molar-refractivity contribution in [1.82, 2.24) is 20.1 Å². The van der Waals surface area contributed by atoms with Crippen LogP contribution < -0.4 is 10.2 Å². The summed E-state index contributed by atoms with van der Waals surface area (Å²) in [7, 11) is 0. The van der Waals surface area contributed by atoms with E-state index < -0.39 is 29.1 Å². The molecule has 8 nitrogen and oxygen atoms in total. The Kier molecular flexibility index (Phi) is 8.16. The maximum absolute atomic E-state index is 13.5. The van der Waals surface area contributed by atoms with E-state index in [1.165, 1.54) is 6.07 Å². The van der Waals surface area contributed by atoms with Crippen LogP contribution in [0.3, 0.4) is 0 Å². The van der Waals surface area contributed by atoms with E-state index in [0.717, 1.165) is 17.1 Å². The first-order chi connectivity index (χ1) is 20.2. The molecule has 2 aliphatic heterocycles. The number of aryl methyl sites for hydroxylation is 1. The lowest BCUT2D eigenvalue weighted by atomic mass is 9.89. The topological polar surface area (TPSA) is 85.1 Å². The summed E-state index contributed by atoms with van der Waals surface area (Å²) >= 11 is 0. The molecule has 2 aliphatic rings. The fourth-order valence-electron chi connectivity index (χ4n) is 5.86. The first kappa shape index (κ1) is 31.1. The van der Waals surface area contributed by atoms with Gasteiger partial charge in [0.05, 0.1) is 30.2 Å². The molecule has 2 fully saturated rings. The Labute approximate surface area is 244 Å². The second-order valence-corrected chi connectivity index (χ2v) is 11.3. The highest BCUT2D eigenvalue weighted by molar-refractivity contribution is 5.79. The van der Waals surface area contributed by atoms with Gasteiger partial charge >= 0.3 is 12.4 Å². The summed E-state index contributed by atoms with van der Waals surface area (Å²) < 4.78 is 86.2. The number of piperazine rings is 1. The molecule has 0 radical (unpaired) electrons. The van der Waals surface area contributed by atoms with Crippen molar-refractivity contribution in [3.63, 3.8) is 0 Å². The van der Waals surface area contributed by atoms with Crippen molar-refractivity contribution in [2.75, 3.05) is 50.8 Å². The van der Waals surface area contributed by atoms with Crippen molar-refractivity contribution in [1.29, 1.82) is 0 Å². The molecule has 1 aromatic carbocycles. The Morgan fingerprint density at radius 1 is 1.07 bits per heavy atom. The van der Waals surface area contributed by atoms with Gasteiger partial charge < -0.3 is 19.3 Å². The van der Waals surface area contributed by atoms with Gasteiger partial charge in [-0.15, -0.1) is 0 Å². The monoisotopic (exact) mass is 613 g/mol. The zero-order valence-electron chi connectivity index (χ0n) is 23.7. The molecule has 0 saturated carbocycles. The van der Waals surface area contributed by atoms with Crippen molar-refractivity contribution in [2.45, 2.75) is 50.2 Å². The highest BCUT2D eigenvalue weighted by Crippen LogP contribution is 2.50. The number of rotatable bonds is 7. The molecule has 43 heavy (non-hydrogen) atoms. The number of aromatic nitrogens is 1. The number of pyridine rings is 1. The summed E-state index contributed by atoms with van der Waals surface area (Å²) in [5.74, 6) is -0.0755. The molecular weight excluding hydrogens is 580 g/mol. The second-order valence-electron chi connectivity index (χ2n) is 11.3. The fourth-order valence-corrected chi connectivity index (χ4v) is 5.86. The lowest BCUT2D eigenvalue weighted by Gasteiger charge is -2.38. The quantitative estimate of drug-likeness (QED) is 0.379. The minimum atomic E-state index is -5.95. The van der Waals surface area contributed by atoms with Crippen LogP contribution in [0.2, 0.25) is 0 Å². The number of fused-ring (bicyclic) bond motifs is 1. The Bertz CT molecular complexity index is 1450. The number of alkyl halides is 6. The second kappa shape index (κ2) is 11.3. The first-order valence-electron chi connectivity index (χ1n) is 14.0.